The largest absolute Gasteiger partial charge is 0.699 e. The van der Waals surface area contributed by atoms with Gasteiger partial charge in [0.15, 0.2) is 12.2 Å². The van der Waals surface area contributed by atoms with Crippen molar-refractivity contribution >= 4 is 8.25 Å². The second-order valence-electron chi connectivity index (χ2n) is 9.56. The second-order valence-corrected chi connectivity index (χ2v) is 10.4. The maximum atomic E-state index is 13.4. The number of hydrogen-bond donors (Lipinski definition) is 0. The molecule has 0 spiro atoms. The van der Waals surface area contributed by atoms with Crippen LogP contribution in [-0.2, 0) is 13.6 Å². The lowest BCUT2D eigenvalue weighted by Gasteiger charge is -2.10. The average molecular weight is 466 g/mol. The lowest BCUT2D eigenvalue weighted by atomic mass is 10.0. The highest BCUT2D eigenvalue weighted by Gasteiger charge is 2.42. The van der Waals surface area contributed by atoms with Gasteiger partial charge in [-0.3, -0.25) is 0 Å². The van der Waals surface area contributed by atoms with Gasteiger partial charge in [0.2, 0.25) is 0 Å². The van der Waals surface area contributed by atoms with Crippen molar-refractivity contribution in [2.24, 2.45) is 0 Å². The Bertz CT molecular complexity index is 1270. The van der Waals surface area contributed by atoms with Crippen LogP contribution in [0.4, 0.5) is 0 Å². The number of benzene rings is 4. The van der Waals surface area contributed by atoms with Crippen molar-refractivity contribution in [2.75, 3.05) is 0 Å². The second kappa shape index (κ2) is 7.99. The van der Waals surface area contributed by atoms with Crippen LogP contribution in [-0.4, -0.2) is 0 Å². The van der Waals surface area contributed by atoms with Gasteiger partial charge in [0, 0.05) is 4.57 Å². The molecule has 2 aliphatic rings. The van der Waals surface area contributed by atoms with Crippen LogP contribution in [0.3, 0.4) is 0 Å². The highest BCUT2D eigenvalue weighted by molar-refractivity contribution is 7.33. The topological polar surface area (TPSA) is 35.5 Å². The summed E-state index contributed by atoms with van der Waals surface area (Å²) in [5, 5.41) is 0. The third-order valence-electron chi connectivity index (χ3n) is 6.93. The van der Waals surface area contributed by atoms with Crippen molar-refractivity contribution in [3.63, 3.8) is 0 Å². The fourth-order valence-electron chi connectivity index (χ4n) is 5.29. The van der Waals surface area contributed by atoms with Crippen molar-refractivity contribution in [3.8, 4) is 22.3 Å². The normalized spacial score (nSPS) is 14.0. The molecule has 4 aromatic carbocycles. The third kappa shape index (κ3) is 3.44. The number of fused-ring (bicyclic) bond motifs is 6. The number of rotatable bonds is 4. The first-order chi connectivity index (χ1) is 16.4. The van der Waals surface area contributed by atoms with Gasteiger partial charge in [-0.15, -0.1) is 9.05 Å². The standard InChI is InChI=1S/C30H26O3P/c1-17-5-9-21-25(13-17)26-14-18(2)6-10-22(26)29(21)32-34(31)33-30-23-11-7-19(3)15-27(23)28-16-20(4)8-12-24(28)30/h5-16,29-30H,1-4H3/q+1. The third-order valence-corrected chi connectivity index (χ3v) is 7.69. The molecule has 0 unspecified atom stereocenters. The van der Waals surface area contributed by atoms with E-state index in [9.17, 15) is 4.57 Å². The first-order valence-electron chi connectivity index (χ1n) is 11.6. The molecule has 0 atom stereocenters. The molecule has 0 N–H and O–H groups in total. The van der Waals surface area contributed by atoms with Gasteiger partial charge in [0.1, 0.15) is 0 Å². The lowest BCUT2D eigenvalue weighted by molar-refractivity contribution is 0.167. The van der Waals surface area contributed by atoms with Gasteiger partial charge in [-0.2, -0.15) is 0 Å². The van der Waals surface area contributed by atoms with Crippen molar-refractivity contribution in [1.82, 2.24) is 0 Å². The lowest BCUT2D eigenvalue weighted by Crippen LogP contribution is -2.02. The summed E-state index contributed by atoms with van der Waals surface area (Å²) in [6, 6.07) is 25.4. The van der Waals surface area contributed by atoms with E-state index in [4.69, 9.17) is 9.05 Å². The smallest absolute Gasteiger partial charge is 0.106 e. The predicted molar refractivity (Wildman–Crippen MR) is 136 cm³/mol. The molecule has 0 aliphatic heterocycles. The van der Waals surface area contributed by atoms with E-state index < -0.39 is 20.5 Å². The van der Waals surface area contributed by atoms with Gasteiger partial charge < -0.3 is 0 Å². The van der Waals surface area contributed by atoms with E-state index >= 15 is 0 Å². The number of aryl methyl sites for hydroxylation is 4. The maximum Gasteiger partial charge on any atom is 0.699 e. The van der Waals surface area contributed by atoms with Crippen molar-refractivity contribution < 1.29 is 13.6 Å². The summed E-state index contributed by atoms with van der Waals surface area (Å²) < 4.78 is 25.7. The highest BCUT2D eigenvalue weighted by atomic mass is 31.1. The molecule has 0 radical (unpaired) electrons. The Morgan fingerprint density at radius 2 is 0.765 bits per heavy atom. The Balaban J connectivity index is 1.34. The zero-order valence-corrected chi connectivity index (χ0v) is 20.6. The Kier molecular flexibility index (Phi) is 5.04. The molecule has 2 aliphatic carbocycles. The number of hydrogen-bond acceptors (Lipinski definition) is 3. The van der Waals surface area contributed by atoms with E-state index in [1.807, 2.05) is 0 Å². The predicted octanol–water partition coefficient (Wildman–Crippen LogP) is 8.45. The molecule has 0 saturated heterocycles. The molecule has 0 saturated carbocycles. The van der Waals surface area contributed by atoms with E-state index in [-0.39, 0.29) is 0 Å². The molecule has 4 aromatic rings. The van der Waals surface area contributed by atoms with Gasteiger partial charge in [-0.25, -0.2) is 0 Å². The van der Waals surface area contributed by atoms with E-state index in [1.54, 1.807) is 0 Å². The molecular formula is C30H26O3P+. The zero-order valence-electron chi connectivity index (χ0n) is 19.8. The highest BCUT2D eigenvalue weighted by Crippen LogP contribution is 2.54. The fourth-order valence-corrected chi connectivity index (χ4v) is 6.14. The van der Waals surface area contributed by atoms with E-state index in [0.717, 1.165) is 44.5 Å². The van der Waals surface area contributed by atoms with Gasteiger partial charge in [0.25, 0.3) is 0 Å². The molecule has 34 heavy (non-hydrogen) atoms. The van der Waals surface area contributed by atoms with Crippen LogP contribution in [0.25, 0.3) is 22.3 Å². The summed E-state index contributed by atoms with van der Waals surface area (Å²) in [6.07, 6.45) is -0.822. The summed E-state index contributed by atoms with van der Waals surface area (Å²) in [7, 11) is -2.38. The first-order valence-corrected chi connectivity index (χ1v) is 12.7. The molecule has 4 heteroatoms. The molecule has 0 amide bonds. The van der Waals surface area contributed by atoms with Crippen molar-refractivity contribution in [1.29, 1.82) is 0 Å². The Hall–Kier alpha value is -3.10. The van der Waals surface area contributed by atoms with Gasteiger partial charge >= 0.3 is 8.25 Å². The minimum Gasteiger partial charge on any atom is -0.106 e. The van der Waals surface area contributed by atoms with Crippen LogP contribution in [0.15, 0.2) is 72.8 Å². The minimum atomic E-state index is -2.38. The molecule has 0 aromatic heterocycles. The minimum absolute atomic E-state index is 0.411. The Morgan fingerprint density at radius 1 is 0.500 bits per heavy atom. The van der Waals surface area contributed by atoms with Crippen LogP contribution < -0.4 is 0 Å². The zero-order chi connectivity index (χ0) is 23.6. The molecular weight excluding hydrogens is 439 g/mol. The Labute approximate surface area is 201 Å². The van der Waals surface area contributed by atoms with Gasteiger partial charge in [-0.05, 0) is 72.2 Å². The van der Waals surface area contributed by atoms with E-state index in [0.29, 0.717) is 0 Å². The molecule has 3 nitrogen and oxygen atoms in total. The van der Waals surface area contributed by atoms with Crippen LogP contribution >= 0.6 is 8.25 Å². The first kappa shape index (κ1) is 21.4. The Morgan fingerprint density at radius 3 is 1.03 bits per heavy atom. The van der Waals surface area contributed by atoms with Crippen LogP contribution in [0, 0.1) is 27.7 Å². The van der Waals surface area contributed by atoms with Crippen LogP contribution in [0.5, 0.6) is 0 Å². The molecule has 0 fully saturated rings. The molecule has 0 bridgehead atoms. The van der Waals surface area contributed by atoms with Crippen molar-refractivity contribution in [2.45, 2.75) is 39.9 Å². The van der Waals surface area contributed by atoms with Crippen LogP contribution in [0.2, 0.25) is 0 Å². The molecule has 168 valence electrons. The monoisotopic (exact) mass is 465 g/mol. The summed E-state index contributed by atoms with van der Waals surface area (Å²) in [5.74, 6) is 0. The molecule has 6 rings (SSSR count). The summed E-state index contributed by atoms with van der Waals surface area (Å²) >= 11 is 0. The van der Waals surface area contributed by atoms with Crippen LogP contribution in [0.1, 0.15) is 56.7 Å². The summed E-state index contributed by atoms with van der Waals surface area (Å²) in [6.45, 7) is 8.36. The fraction of sp³-hybridized carbons (Fsp3) is 0.200. The maximum absolute atomic E-state index is 13.4. The van der Waals surface area contributed by atoms with Crippen molar-refractivity contribution in [3.05, 3.63) is 117 Å². The molecule has 0 heterocycles. The summed E-state index contributed by atoms with van der Waals surface area (Å²) in [5.41, 5.74) is 13.5. The van der Waals surface area contributed by atoms with Gasteiger partial charge in [0.05, 0.1) is 0 Å². The summed E-state index contributed by atoms with van der Waals surface area (Å²) in [4.78, 5) is 0. The average Bonchev–Trinajstić information content (AvgIpc) is 3.25. The SMILES string of the molecule is Cc1ccc2c(c1)-c1cc(C)ccc1C2O[P+](=O)OC1c2ccc(C)cc2-c2cc(C)ccc21. The quantitative estimate of drug-likeness (QED) is 0.284. The van der Waals surface area contributed by atoms with E-state index in [2.05, 4.69) is 100 Å². The van der Waals surface area contributed by atoms with Gasteiger partial charge in [-0.1, -0.05) is 95.1 Å². The van der Waals surface area contributed by atoms with E-state index in [1.165, 1.54) is 22.3 Å².